The van der Waals surface area contributed by atoms with E-state index in [-0.39, 0.29) is 29.1 Å². The highest BCUT2D eigenvalue weighted by Gasteiger charge is 2.34. The van der Waals surface area contributed by atoms with Gasteiger partial charge < -0.3 is 15.0 Å². The van der Waals surface area contributed by atoms with Crippen molar-refractivity contribution in [3.8, 4) is 5.75 Å². The predicted molar refractivity (Wildman–Crippen MR) is 162 cm³/mol. The number of hydrogen-bond acceptors (Lipinski definition) is 5. The molecule has 1 N–H and O–H groups in total. The first-order valence-corrected chi connectivity index (χ1v) is 15.6. The monoisotopic (exact) mass is 597 g/mol. The molecule has 0 aromatic heterocycles. The van der Waals surface area contributed by atoms with Crippen LogP contribution in [0.5, 0.6) is 5.75 Å². The Balaban J connectivity index is 2.05. The van der Waals surface area contributed by atoms with Gasteiger partial charge in [-0.15, -0.1) is 0 Å². The minimum atomic E-state index is -4.28. The quantitative estimate of drug-likeness (QED) is 0.267. The van der Waals surface area contributed by atoms with Gasteiger partial charge in [0.05, 0.1) is 17.2 Å². The van der Waals surface area contributed by atoms with Gasteiger partial charge in [-0.05, 0) is 87.7 Å². The van der Waals surface area contributed by atoms with Gasteiger partial charge in [0.1, 0.15) is 24.2 Å². The lowest BCUT2D eigenvalue weighted by molar-refractivity contribution is -0.140. The average molecular weight is 598 g/mol. The average Bonchev–Trinajstić information content (AvgIpc) is 2.96. The summed E-state index contributed by atoms with van der Waals surface area (Å²) in [5, 5.41) is 2.96. The molecule has 3 rings (SSSR count). The maximum atomic E-state index is 14.1. The van der Waals surface area contributed by atoms with E-state index in [4.69, 9.17) is 4.74 Å². The van der Waals surface area contributed by atoms with E-state index in [1.165, 1.54) is 41.3 Å². The second-order valence-electron chi connectivity index (χ2n) is 10.1. The van der Waals surface area contributed by atoms with Gasteiger partial charge in [-0.3, -0.25) is 13.9 Å². The third kappa shape index (κ3) is 8.31. The van der Waals surface area contributed by atoms with Crippen molar-refractivity contribution in [3.05, 3.63) is 89.7 Å². The van der Waals surface area contributed by atoms with Gasteiger partial charge in [0, 0.05) is 12.6 Å². The summed E-state index contributed by atoms with van der Waals surface area (Å²) >= 11 is 0. The molecule has 2 atom stereocenters. The van der Waals surface area contributed by atoms with E-state index in [0.29, 0.717) is 25.2 Å². The highest BCUT2D eigenvalue weighted by molar-refractivity contribution is 7.92. The third-order valence-electron chi connectivity index (χ3n) is 6.94. The Morgan fingerprint density at radius 3 is 2.19 bits per heavy atom. The summed E-state index contributed by atoms with van der Waals surface area (Å²) in [5.74, 6) is -0.919. The summed E-state index contributed by atoms with van der Waals surface area (Å²) in [5.41, 5.74) is 1.91. The van der Waals surface area contributed by atoms with Crippen molar-refractivity contribution in [1.82, 2.24) is 10.2 Å². The topological polar surface area (TPSA) is 96.0 Å². The third-order valence-corrected chi connectivity index (χ3v) is 8.73. The molecule has 10 heteroatoms. The number of amides is 2. The number of hydrogen-bond donors (Lipinski definition) is 1. The number of nitrogens with one attached hydrogen (secondary N) is 1. The molecule has 3 aromatic carbocycles. The molecule has 226 valence electrons. The van der Waals surface area contributed by atoms with Crippen molar-refractivity contribution in [1.29, 1.82) is 0 Å². The van der Waals surface area contributed by atoms with Crippen LogP contribution in [0.25, 0.3) is 0 Å². The molecule has 0 spiro atoms. The number of halogens is 1. The molecule has 0 saturated heterocycles. The van der Waals surface area contributed by atoms with E-state index >= 15 is 0 Å². The van der Waals surface area contributed by atoms with Crippen molar-refractivity contribution in [3.63, 3.8) is 0 Å². The minimum Gasteiger partial charge on any atom is -0.494 e. The maximum Gasteiger partial charge on any atom is 0.264 e. The van der Waals surface area contributed by atoms with Crippen LogP contribution in [-0.4, -0.2) is 50.4 Å². The van der Waals surface area contributed by atoms with E-state index in [1.807, 2.05) is 58.9 Å². The molecule has 42 heavy (non-hydrogen) atoms. The van der Waals surface area contributed by atoms with Crippen LogP contribution in [0.1, 0.15) is 51.7 Å². The lowest BCUT2D eigenvalue weighted by Crippen LogP contribution is -2.53. The molecule has 0 fully saturated rings. The van der Waals surface area contributed by atoms with Crippen molar-refractivity contribution in [2.75, 3.05) is 17.5 Å². The molecule has 0 aliphatic rings. The molecule has 3 aromatic rings. The fourth-order valence-corrected chi connectivity index (χ4v) is 5.92. The van der Waals surface area contributed by atoms with Crippen LogP contribution < -0.4 is 14.4 Å². The lowest BCUT2D eigenvalue weighted by atomic mass is 10.1. The number of ether oxygens (including phenoxy) is 1. The lowest BCUT2D eigenvalue weighted by Gasteiger charge is -2.33. The Kier molecular flexibility index (Phi) is 11.5. The van der Waals surface area contributed by atoms with Crippen molar-refractivity contribution in [2.24, 2.45) is 0 Å². The highest BCUT2D eigenvalue weighted by Crippen LogP contribution is 2.26. The van der Waals surface area contributed by atoms with Crippen LogP contribution >= 0.6 is 0 Å². The molecule has 0 radical (unpaired) electrons. The molecule has 0 saturated carbocycles. The molecule has 0 unspecified atom stereocenters. The van der Waals surface area contributed by atoms with E-state index < -0.39 is 34.3 Å². The Morgan fingerprint density at radius 1 is 0.952 bits per heavy atom. The number of anilines is 1. The second-order valence-corrected chi connectivity index (χ2v) is 12.0. The van der Waals surface area contributed by atoms with E-state index in [1.54, 1.807) is 0 Å². The minimum absolute atomic E-state index is 0.0603. The number of carbonyl (C=O) groups excluding carboxylic acids is 2. The van der Waals surface area contributed by atoms with Crippen molar-refractivity contribution < 1.29 is 27.1 Å². The van der Waals surface area contributed by atoms with Crippen molar-refractivity contribution >= 4 is 27.5 Å². The first kappa shape index (κ1) is 32.6. The number of sulfonamides is 1. The van der Waals surface area contributed by atoms with Crippen LogP contribution in [0.2, 0.25) is 0 Å². The number of nitrogens with zero attached hydrogens (tertiary/aromatic N) is 2. The van der Waals surface area contributed by atoms with Gasteiger partial charge >= 0.3 is 0 Å². The molecule has 0 aliphatic carbocycles. The summed E-state index contributed by atoms with van der Waals surface area (Å²) in [6, 6.07) is 17.4. The predicted octanol–water partition coefficient (Wildman–Crippen LogP) is 5.45. The SMILES string of the molecule is CCOc1ccc(S(=O)(=O)N(CC(=O)N(Cc2cccc(C)c2)[C@@H](CC)C(=O)N[C@@H](C)CC)c2ccc(F)cc2)cc1. The molecule has 8 nitrogen and oxygen atoms in total. The molecule has 0 heterocycles. The van der Waals surface area contributed by atoms with Gasteiger partial charge in [-0.1, -0.05) is 43.7 Å². The van der Waals surface area contributed by atoms with Crippen molar-refractivity contribution in [2.45, 2.75) is 71.0 Å². The largest absolute Gasteiger partial charge is 0.494 e. The Hall–Kier alpha value is -3.92. The van der Waals surface area contributed by atoms with Gasteiger partial charge in [0.15, 0.2) is 0 Å². The fraction of sp³-hybridized carbons (Fsp3) is 0.375. The van der Waals surface area contributed by atoms with Crippen LogP contribution in [0.15, 0.2) is 77.7 Å². The standard InChI is InChI=1S/C32H40FN3O5S/c1-6-24(5)34-32(38)30(7-2)35(21-25-11-9-10-23(4)20-25)31(37)22-36(27-14-12-26(33)13-15-27)42(39,40)29-18-16-28(17-19-29)41-8-3/h9-20,24,30H,6-8,21-22H2,1-5H3,(H,34,38)/t24-,30-/m0/s1. The van der Waals surface area contributed by atoms with Crippen LogP contribution in [-0.2, 0) is 26.2 Å². The summed E-state index contributed by atoms with van der Waals surface area (Å²) in [6.45, 7) is 9.33. The van der Waals surface area contributed by atoms with E-state index in [9.17, 15) is 22.4 Å². The van der Waals surface area contributed by atoms with Crippen LogP contribution in [0, 0.1) is 12.7 Å². The van der Waals surface area contributed by atoms with Gasteiger partial charge in [0.2, 0.25) is 11.8 Å². The zero-order valence-electron chi connectivity index (χ0n) is 24.8. The molecular weight excluding hydrogens is 557 g/mol. The summed E-state index contributed by atoms with van der Waals surface area (Å²) in [6.07, 6.45) is 1.04. The Morgan fingerprint density at radius 2 is 1.62 bits per heavy atom. The smallest absolute Gasteiger partial charge is 0.264 e. The van der Waals surface area contributed by atoms with E-state index in [2.05, 4.69) is 5.32 Å². The van der Waals surface area contributed by atoms with Gasteiger partial charge in [-0.2, -0.15) is 0 Å². The Bertz CT molecular complexity index is 1450. The van der Waals surface area contributed by atoms with Crippen LogP contribution in [0.3, 0.4) is 0 Å². The zero-order chi connectivity index (χ0) is 30.9. The van der Waals surface area contributed by atoms with Crippen LogP contribution in [0.4, 0.5) is 10.1 Å². The molecular formula is C32H40FN3O5S. The maximum absolute atomic E-state index is 14.1. The van der Waals surface area contributed by atoms with Gasteiger partial charge in [0.25, 0.3) is 10.0 Å². The first-order chi connectivity index (χ1) is 20.0. The van der Waals surface area contributed by atoms with E-state index in [0.717, 1.165) is 27.6 Å². The number of benzene rings is 3. The fourth-order valence-electron chi connectivity index (χ4n) is 4.51. The second kappa shape index (κ2) is 14.8. The molecule has 2 amide bonds. The number of aryl methyl sites for hydroxylation is 1. The molecule has 0 aliphatic heterocycles. The molecule has 0 bridgehead atoms. The summed E-state index contributed by atoms with van der Waals surface area (Å²) < 4.78 is 48.1. The number of rotatable bonds is 14. The summed E-state index contributed by atoms with van der Waals surface area (Å²) in [7, 11) is -4.28. The highest BCUT2D eigenvalue weighted by atomic mass is 32.2. The normalized spacial score (nSPS) is 12.7. The Labute approximate surface area is 248 Å². The summed E-state index contributed by atoms with van der Waals surface area (Å²) in [4.78, 5) is 28.8. The number of carbonyl (C=O) groups is 2. The first-order valence-electron chi connectivity index (χ1n) is 14.2. The zero-order valence-corrected chi connectivity index (χ0v) is 25.7. The van der Waals surface area contributed by atoms with Gasteiger partial charge in [-0.25, -0.2) is 12.8 Å².